The lowest BCUT2D eigenvalue weighted by Crippen LogP contribution is -2.04. The van der Waals surface area contributed by atoms with E-state index >= 15 is 0 Å². The Balaban J connectivity index is 1.88. The first-order chi connectivity index (χ1) is 10.3. The van der Waals surface area contributed by atoms with Gasteiger partial charge in [0, 0.05) is 5.56 Å². The number of benzene rings is 2. The van der Waals surface area contributed by atoms with Crippen molar-refractivity contribution in [3.05, 3.63) is 71.4 Å². The molecule has 0 unspecified atom stereocenters. The largest absolute Gasteiger partial charge is 0.240 e. The van der Waals surface area contributed by atoms with Crippen molar-refractivity contribution in [3.8, 4) is 17.3 Å². The van der Waals surface area contributed by atoms with Crippen molar-refractivity contribution < 1.29 is 0 Å². The van der Waals surface area contributed by atoms with Gasteiger partial charge in [-0.05, 0) is 24.6 Å². The van der Waals surface area contributed by atoms with E-state index in [1.807, 2.05) is 28.9 Å². The molecule has 0 bridgehead atoms. The van der Waals surface area contributed by atoms with Gasteiger partial charge in [0.25, 0.3) is 0 Å². The van der Waals surface area contributed by atoms with Crippen molar-refractivity contribution in [1.29, 1.82) is 5.26 Å². The van der Waals surface area contributed by atoms with Crippen molar-refractivity contribution in [3.63, 3.8) is 0 Å². The Morgan fingerprint density at radius 1 is 1.05 bits per heavy atom. The number of hydrogen-bond donors (Lipinski definition) is 0. The molecular formula is C17H14N4. The summed E-state index contributed by atoms with van der Waals surface area (Å²) in [5.41, 5.74) is 5.06. The summed E-state index contributed by atoms with van der Waals surface area (Å²) in [5, 5.41) is 17.0. The molecular weight excluding hydrogens is 260 g/mol. The maximum Gasteiger partial charge on any atom is 0.0991 e. The van der Waals surface area contributed by atoms with Crippen LogP contribution in [0.4, 0.5) is 0 Å². The number of rotatable bonds is 3. The van der Waals surface area contributed by atoms with E-state index in [1.165, 1.54) is 5.56 Å². The zero-order chi connectivity index (χ0) is 14.7. The first kappa shape index (κ1) is 13.1. The van der Waals surface area contributed by atoms with Crippen LogP contribution in [0.2, 0.25) is 0 Å². The average Bonchev–Trinajstić information content (AvgIpc) is 2.97. The van der Waals surface area contributed by atoms with Crippen LogP contribution in [-0.4, -0.2) is 15.0 Å². The number of nitriles is 1. The summed E-state index contributed by atoms with van der Waals surface area (Å²) in [6.45, 7) is 2.70. The van der Waals surface area contributed by atoms with E-state index in [0.717, 1.165) is 16.8 Å². The fourth-order valence-corrected chi connectivity index (χ4v) is 2.18. The molecule has 0 aliphatic carbocycles. The molecule has 3 aromatic rings. The molecule has 0 spiro atoms. The minimum absolute atomic E-state index is 0.634. The zero-order valence-corrected chi connectivity index (χ0v) is 11.7. The molecule has 1 heterocycles. The maximum atomic E-state index is 8.82. The Bertz CT molecular complexity index is 777. The lowest BCUT2D eigenvalue weighted by Gasteiger charge is -2.07. The molecule has 3 rings (SSSR count). The summed E-state index contributed by atoms with van der Waals surface area (Å²) in [4.78, 5) is 0. The molecule has 2 aromatic carbocycles. The Labute approximate surface area is 123 Å². The fraction of sp³-hybridized carbons (Fsp3) is 0.118. The van der Waals surface area contributed by atoms with Crippen LogP contribution in [0.25, 0.3) is 11.3 Å². The zero-order valence-electron chi connectivity index (χ0n) is 11.7. The van der Waals surface area contributed by atoms with Gasteiger partial charge in [-0.2, -0.15) is 5.26 Å². The van der Waals surface area contributed by atoms with Crippen LogP contribution in [-0.2, 0) is 6.54 Å². The number of aryl methyl sites for hydroxylation is 1. The predicted molar refractivity (Wildman–Crippen MR) is 80.5 cm³/mol. The Kier molecular flexibility index (Phi) is 3.48. The summed E-state index contributed by atoms with van der Waals surface area (Å²) in [6.07, 6.45) is 1.77. The lowest BCUT2D eigenvalue weighted by atomic mass is 10.1. The number of hydrogen-bond acceptors (Lipinski definition) is 3. The summed E-state index contributed by atoms with van der Waals surface area (Å²) < 4.78 is 1.87. The summed E-state index contributed by atoms with van der Waals surface area (Å²) in [7, 11) is 0. The third-order valence-corrected chi connectivity index (χ3v) is 3.38. The van der Waals surface area contributed by atoms with Crippen molar-refractivity contribution in [2.45, 2.75) is 13.5 Å². The van der Waals surface area contributed by atoms with Gasteiger partial charge in [0.2, 0.25) is 0 Å². The molecule has 1 aromatic heterocycles. The van der Waals surface area contributed by atoms with E-state index in [4.69, 9.17) is 5.26 Å². The van der Waals surface area contributed by atoms with Crippen molar-refractivity contribution in [2.24, 2.45) is 0 Å². The number of aromatic nitrogens is 3. The Morgan fingerprint density at radius 3 is 2.43 bits per heavy atom. The summed E-state index contributed by atoms with van der Waals surface area (Å²) in [5.74, 6) is 0. The van der Waals surface area contributed by atoms with Crippen molar-refractivity contribution in [1.82, 2.24) is 15.0 Å². The maximum absolute atomic E-state index is 8.82. The highest BCUT2D eigenvalue weighted by molar-refractivity contribution is 5.58. The van der Waals surface area contributed by atoms with Gasteiger partial charge in [0.1, 0.15) is 0 Å². The minimum Gasteiger partial charge on any atom is -0.240 e. The standard InChI is InChI=1S/C17H14N4/c1-13-2-8-16(9-3-13)17-11-19-20-21(17)12-15-6-4-14(10-18)5-7-15/h2-9,11H,12H2,1H3. The fourth-order valence-electron chi connectivity index (χ4n) is 2.18. The molecule has 0 saturated carbocycles. The molecule has 4 nitrogen and oxygen atoms in total. The van der Waals surface area contributed by atoms with Crippen molar-refractivity contribution >= 4 is 0 Å². The molecule has 0 radical (unpaired) electrons. The molecule has 4 heteroatoms. The van der Waals surface area contributed by atoms with E-state index in [-0.39, 0.29) is 0 Å². The predicted octanol–water partition coefficient (Wildman–Crippen LogP) is 3.17. The van der Waals surface area contributed by atoms with Crippen LogP contribution in [0, 0.1) is 18.3 Å². The van der Waals surface area contributed by atoms with Gasteiger partial charge >= 0.3 is 0 Å². The third kappa shape index (κ3) is 2.82. The van der Waals surface area contributed by atoms with E-state index in [1.54, 1.807) is 6.20 Å². The molecule has 0 N–H and O–H groups in total. The van der Waals surface area contributed by atoms with Gasteiger partial charge in [-0.3, -0.25) is 0 Å². The molecule has 21 heavy (non-hydrogen) atoms. The normalized spacial score (nSPS) is 10.3. The number of nitrogens with zero attached hydrogens (tertiary/aromatic N) is 4. The van der Waals surface area contributed by atoms with Gasteiger partial charge in [-0.15, -0.1) is 5.10 Å². The highest BCUT2D eigenvalue weighted by atomic mass is 15.4. The molecule has 0 saturated heterocycles. The molecule has 0 fully saturated rings. The average molecular weight is 274 g/mol. The van der Waals surface area contributed by atoms with Gasteiger partial charge in [0.15, 0.2) is 0 Å². The highest BCUT2D eigenvalue weighted by Gasteiger charge is 2.07. The molecule has 0 aliphatic rings. The monoisotopic (exact) mass is 274 g/mol. The molecule has 0 aliphatic heterocycles. The third-order valence-electron chi connectivity index (χ3n) is 3.38. The first-order valence-corrected chi connectivity index (χ1v) is 6.71. The van der Waals surface area contributed by atoms with Gasteiger partial charge in [-0.1, -0.05) is 47.2 Å². The van der Waals surface area contributed by atoms with Crippen LogP contribution in [0.1, 0.15) is 16.7 Å². The topological polar surface area (TPSA) is 54.5 Å². The van der Waals surface area contributed by atoms with Gasteiger partial charge in [0.05, 0.1) is 30.1 Å². The smallest absolute Gasteiger partial charge is 0.0991 e. The molecule has 102 valence electrons. The van der Waals surface area contributed by atoms with E-state index < -0.39 is 0 Å². The second-order valence-electron chi connectivity index (χ2n) is 4.95. The van der Waals surface area contributed by atoms with Crippen LogP contribution in [0.5, 0.6) is 0 Å². The second-order valence-corrected chi connectivity index (χ2v) is 4.95. The van der Waals surface area contributed by atoms with E-state index in [9.17, 15) is 0 Å². The van der Waals surface area contributed by atoms with E-state index in [2.05, 4.69) is 47.6 Å². The quantitative estimate of drug-likeness (QED) is 0.737. The Hall–Kier alpha value is -2.93. The van der Waals surface area contributed by atoms with Crippen LogP contribution < -0.4 is 0 Å². The Morgan fingerprint density at radius 2 is 1.76 bits per heavy atom. The van der Waals surface area contributed by atoms with Crippen LogP contribution >= 0.6 is 0 Å². The van der Waals surface area contributed by atoms with Crippen LogP contribution in [0.15, 0.2) is 54.7 Å². The van der Waals surface area contributed by atoms with Crippen molar-refractivity contribution in [2.75, 3.05) is 0 Å². The minimum atomic E-state index is 0.634. The SMILES string of the molecule is Cc1ccc(-c2cnnn2Cc2ccc(C#N)cc2)cc1. The van der Waals surface area contributed by atoms with E-state index in [0.29, 0.717) is 12.1 Å². The summed E-state index contributed by atoms with van der Waals surface area (Å²) in [6, 6.07) is 17.9. The van der Waals surface area contributed by atoms with Gasteiger partial charge < -0.3 is 0 Å². The molecule has 0 atom stereocenters. The lowest BCUT2D eigenvalue weighted by molar-refractivity contribution is 0.655. The molecule has 0 amide bonds. The van der Waals surface area contributed by atoms with Gasteiger partial charge in [-0.25, -0.2) is 4.68 Å². The first-order valence-electron chi connectivity index (χ1n) is 6.71. The second kappa shape index (κ2) is 5.59. The summed E-state index contributed by atoms with van der Waals surface area (Å²) >= 11 is 0. The highest BCUT2D eigenvalue weighted by Crippen LogP contribution is 2.19. The van der Waals surface area contributed by atoms with Crippen LogP contribution in [0.3, 0.4) is 0 Å².